The molecule has 0 aliphatic carbocycles. The van der Waals surface area contributed by atoms with Crippen molar-refractivity contribution in [2.24, 2.45) is 0 Å². The predicted molar refractivity (Wildman–Crippen MR) is 125 cm³/mol. The number of tetrazole rings is 1. The van der Waals surface area contributed by atoms with E-state index in [0.717, 1.165) is 34.5 Å². The van der Waals surface area contributed by atoms with Crippen molar-refractivity contribution in [2.75, 3.05) is 6.61 Å². The first kappa shape index (κ1) is 20.6. The number of pyridine rings is 1. The molecular formula is C26H23N5O2. The zero-order valence-electron chi connectivity index (χ0n) is 18.0. The van der Waals surface area contributed by atoms with Crippen LogP contribution in [0.2, 0.25) is 0 Å². The van der Waals surface area contributed by atoms with Gasteiger partial charge in [-0.25, -0.2) is 10.1 Å². The number of H-pyrrole nitrogens is 1. The third-order valence-corrected chi connectivity index (χ3v) is 5.24. The van der Waals surface area contributed by atoms with Crippen molar-refractivity contribution in [3.8, 4) is 11.5 Å². The molecule has 0 amide bonds. The number of ether oxygens (including phenoxy) is 2. The largest absolute Gasteiger partial charge is 0.493 e. The van der Waals surface area contributed by atoms with E-state index in [1.54, 1.807) is 0 Å². The second-order valence-corrected chi connectivity index (χ2v) is 7.70. The molecule has 5 rings (SSSR count). The highest BCUT2D eigenvalue weighted by Gasteiger charge is 2.04. The Hall–Kier alpha value is -4.26. The maximum Gasteiger partial charge on any atom is 0.151 e. The maximum absolute atomic E-state index is 6.03. The van der Waals surface area contributed by atoms with Gasteiger partial charge in [0.2, 0.25) is 0 Å². The number of hydrogen-bond donors (Lipinski definition) is 1. The van der Waals surface area contributed by atoms with E-state index in [-0.39, 0.29) is 0 Å². The van der Waals surface area contributed by atoms with E-state index in [0.29, 0.717) is 25.5 Å². The smallest absolute Gasteiger partial charge is 0.151 e. The average Bonchev–Trinajstić information content (AvgIpc) is 3.37. The second kappa shape index (κ2) is 9.91. The fourth-order valence-electron chi connectivity index (χ4n) is 3.62. The van der Waals surface area contributed by atoms with Crippen LogP contribution in [0.3, 0.4) is 0 Å². The first-order valence-corrected chi connectivity index (χ1v) is 10.8. The Balaban J connectivity index is 1.19. The van der Waals surface area contributed by atoms with Gasteiger partial charge in [0.05, 0.1) is 17.8 Å². The van der Waals surface area contributed by atoms with Crippen molar-refractivity contribution in [1.82, 2.24) is 25.6 Å². The Bertz CT molecular complexity index is 1340. The van der Waals surface area contributed by atoms with Crippen LogP contribution >= 0.6 is 0 Å². The average molecular weight is 438 g/mol. The number of fused-ring (bicyclic) bond motifs is 1. The van der Waals surface area contributed by atoms with Crippen LogP contribution in [0, 0.1) is 0 Å². The molecule has 33 heavy (non-hydrogen) atoms. The van der Waals surface area contributed by atoms with Gasteiger partial charge in [0.15, 0.2) is 5.82 Å². The summed E-state index contributed by atoms with van der Waals surface area (Å²) < 4.78 is 11.9. The van der Waals surface area contributed by atoms with E-state index in [1.807, 2.05) is 48.5 Å². The Morgan fingerprint density at radius 1 is 0.758 bits per heavy atom. The minimum atomic E-state index is 0.429. The number of benzene rings is 3. The van der Waals surface area contributed by atoms with Gasteiger partial charge in [-0.2, -0.15) is 0 Å². The van der Waals surface area contributed by atoms with E-state index in [9.17, 15) is 0 Å². The molecule has 3 aromatic carbocycles. The summed E-state index contributed by atoms with van der Waals surface area (Å²) in [6, 6.07) is 28.5. The zero-order valence-corrected chi connectivity index (χ0v) is 18.0. The van der Waals surface area contributed by atoms with Gasteiger partial charge in [-0.15, -0.1) is 5.10 Å². The van der Waals surface area contributed by atoms with Crippen LogP contribution in [0.5, 0.6) is 11.5 Å². The van der Waals surface area contributed by atoms with Gasteiger partial charge in [-0.3, -0.25) is 0 Å². The molecule has 0 radical (unpaired) electrons. The minimum Gasteiger partial charge on any atom is -0.493 e. The molecule has 2 aromatic heterocycles. The van der Waals surface area contributed by atoms with E-state index < -0.39 is 0 Å². The Kier molecular flexibility index (Phi) is 6.20. The standard InChI is InChI=1S/C26H23N5O2/c1-2-10-25-21(7-1)11-12-22(27-25)18-33-24-9-4-6-20(17-24)15-19-5-3-8-23(16-19)32-14-13-26-28-30-31-29-26/h1-12,16-17H,13-15,18H2,(H,28,29,30,31). The molecule has 0 spiro atoms. The number of hydrogen-bond acceptors (Lipinski definition) is 6. The van der Waals surface area contributed by atoms with E-state index in [4.69, 9.17) is 9.47 Å². The van der Waals surface area contributed by atoms with Crippen molar-refractivity contribution in [3.05, 3.63) is 108 Å². The summed E-state index contributed by atoms with van der Waals surface area (Å²) >= 11 is 0. The lowest BCUT2D eigenvalue weighted by atomic mass is 10.0. The highest BCUT2D eigenvalue weighted by molar-refractivity contribution is 5.78. The Labute approximate surface area is 191 Å². The zero-order chi connectivity index (χ0) is 22.3. The number of aromatic amines is 1. The molecule has 0 aliphatic heterocycles. The summed E-state index contributed by atoms with van der Waals surface area (Å²) in [7, 11) is 0. The van der Waals surface area contributed by atoms with Crippen molar-refractivity contribution < 1.29 is 9.47 Å². The summed E-state index contributed by atoms with van der Waals surface area (Å²) in [6.45, 7) is 0.935. The fraction of sp³-hybridized carbons (Fsp3) is 0.154. The molecule has 164 valence electrons. The van der Waals surface area contributed by atoms with Crippen molar-refractivity contribution >= 4 is 10.9 Å². The van der Waals surface area contributed by atoms with Crippen molar-refractivity contribution in [2.45, 2.75) is 19.4 Å². The molecule has 5 aromatic rings. The van der Waals surface area contributed by atoms with Gasteiger partial charge in [0.25, 0.3) is 0 Å². The Morgan fingerprint density at radius 3 is 2.33 bits per heavy atom. The quantitative estimate of drug-likeness (QED) is 0.364. The maximum atomic E-state index is 6.03. The number of rotatable bonds is 9. The summed E-state index contributed by atoms with van der Waals surface area (Å²) in [5, 5.41) is 14.9. The molecule has 0 atom stereocenters. The lowest BCUT2D eigenvalue weighted by Gasteiger charge is -2.10. The molecule has 1 N–H and O–H groups in total. The van der Waals surface area contributed by atoms with Gasteiger partial charge in [-0.05, 0) is 64.4 Å². The lowest BCUT2D eigenvalue weighted by Crippen LogP contribution is -2.03. The molecule has 2 heterocycles. The third-order valence-electron chi connectivity index (χ3n) is 5.24. The third kappa shape index (κ3) is 5.51. The number of nitrogens with one attached hydrogen (secondary N) is 1. The van der Waals surface area contributed by atoms with Gasteiger partial charge >= 0.3 is 0 Å². The molecule has 0 aliphatic rings. The summed E-state index contributed by atoms with van der Waals surface area (Å²) in [6.07, 6.45) is 1.41. The van der Waals surface area contributed by atoms with Crippen LogP contribution in [0.4, 0.5) is 0 Å². The van der Waals surface area contributed by atoms with Crippen LogP contribution < -0.4 is 9.47 Å². The van der Waals surface area contributed by atoms with Crippen LogP contribution in [-0.4, -0.2) is 32.2 Å². The summed E-state index contributed by atoms with van der Waals surface area (Å²) in [5.74, 6) is 2.37. The molecule has 7 nitrogen and oxygen atoms in total. The van der Waals surface area contributed by atoms with Gasteiger partial charge in [0.1, 0.15) is 18.1 Å². The van der Waals surface area contributed by atoms with Crippen LogP contribution in [0.1, 0.15) is 22.6 Å². The first-order valence-electron chi connectivity index (χ1n) is 10.8. The molecule has 0 unspecified atom stereocenters. The molecule has 0 bridgehead atoms. The molecule has 7 heteroatoms. The number of aromatic nitrogens is 5. The van der Waals surface area contributed by atoms with Crippen molar-refractivity contribution in [3.63, 3.8) is 0 Å². The SMILES string of the molecule is c1cc(Cc2cccc(OCc3ccc4ccccc4n3)c2)cc(OCCc2nnn[nH]2)c1. The van der Waals surface area contributed by atoms with Gasteiger partial charge < -0.3 is 9.47 Å². The van der Waals surface area contributed by atoms with Crippen molar-refractivity contribution in [1.29, 1.82) is 0 Å². The van der Waals surface area contributed by atoms with Crippen LogP contribution in [0.25, 0.3) is 10.9 Å². The number of para-hydroxylation sites is 1. The van der Waals surface area contributed by atoms with Gasteiger partial charge in [-0.1, -0.05) is 48.5 Å². The molecule has 0 saturated heterocycles. The van der Waals surface area contributed by atoms with Crippen LogP contribution in [0.15, 0.2) is 84.9 Å². The van der Waals surface area contributed by atoms with E-state index >= 15 is 0 Å². The van der Waals surface area contributed by atoms with Gasteiger partial charge in [0, 0.05) is 11.8 Å². The number of nitrogens with zero attached hydrogens (tertiary/aromatic N) is 4. The Morgan fingerprint density at radius 2 is 1.55 bits per heavy atom. The highest BCUT2D eigenvalue weighted by Crippen LogP contribution is 2.21. The van der Waals surface area contributed by atoms with E-state index in [2.05, 4.69) is 62.0 Å². The van der Waals surface area contributed by atoms with Crippen LogP contribution in [-0.2, 0) is 19.4 Å². The first-order chi connectivity index (χ1) is 16.3. The molecular weight excluding hydrogens is 414 g/mol. The van der Waals surface area contributed by atoms with E-state index in [1.165, 1.54) is 11.1 Å². The highest BCUT2D eigenvalue weighted by atomic mass is 16.5. The summed E-state index contributed by atoms with van der Waals surface area (Å²) in [5.41, 5.74) is 4.23. The normalized spacial score (nSPS) is 10.9. The second-order valence-electron chi connectivity index (χ2n) is 7.70. The predicted octanol–water partition coefficient (Wildman–Crippen LogP) is 4.54. The molecule has 0 saturated carbocycles. The topological polar surface area (TPSA) is 85.8 Å². The molecule has 0 fully saturated rings. The fourth-order valence-corrected chi connectivity index (χ4v) is 3.62. The minimum absolute atomic E-state index is 0.429. The monoisotopic (exact) mass is 437 g/mol. The lowest BCUT2D eigenvalue weighted by molar-refractivity contribution is 0.301. The summed E-state index contributed by atoms with van der Waals surface area (Å²) in [4.78, 5) is 4.68.